The zero-order chi connectivity index (χ0) is 23.4. The first-order valence-electron chi connectivity index (χ1n) is 11.0. The molecule has 3 aromatic rings. The molecule has 2 N–H and O–H groups in total. The first-order chi connectivity index (χ1) is 16.0. The van der Waals surface area contributed by atoms with Crippen molar-refractivity contribution < 1.29 is 9.53 Å². The standard InChI is InChI=1S/C26H27BrN4O2/c1-17(2)25(28)24-23(18-6-8-22(9-7-18)31-10-12-33-13-11-31)15-21(16-32)30-26(24)29-20-5-3-4-19(27)14-20/h3-9,14-17,28H,10-13H2,1-2H3,(H,29,30). The highest BCUT2D eigenvalue weighted by Gasteiger charge is 2.21. The van der Waals surface area contributed by atoms with Crippen molar-refractivity contribution in [2.75, 3.05) is 36.5 Å². The maximum Gasteiger partial charge on any atom is 0.168 e. The predicted octanol–water partition coefficient (Wildman–Crippen LogP) is 5.93. The number of carbonyl (C=O) groups excluding carboxylic acids is 1. The number of carbonyl (C=O) groups is 1. The van der Waals surface area contributed by atoms with Crippen LogP contribution >= 0.6 is 15.9 Å². The van der Waals surface area contributed by atoms with Crippen molar-refractivity contribution in [2.24, 2.45) is 5.92 Å². The van der Waals surface area contributed by atoms with Crippen LogP contribution in [0.1, 0.15) is 29.9 Å². The normalized spacial score (nSPS) is 13.8. The van der Waals surface area contributed by atoms with Gasteiger partial charge in [0.25, 0.3) is 0 Å². The van der Waals surface area contributed by atoms with E-state index in [4.69, 9.17) is 10.1 Å². The van der Waals surface area contributed by atoms with Crippen LogP contribution in [0.4, 0.5) is 17.2 Å². The molecule has 1 aliphatic rings. The minimum Gasteiger partial charge on any atom is -0.378 e. The fourth-order valence-electron chi connectivity index (χ4n) is 3.88. The lowest BCUT2D eigenvalue weighted by molar-refractivity contribution is 0.111. The smallest absolute Gasteiger partial charge is 0.168 e. The van der Waals surface area contributed by atoms with E-state index in [9.17, 15) is 4.79 Å². The van der Waals surface area contributed by atoms with E-state index < -0.39 is 0 Å². The van der Waals surface area contributed by atoms with Gasteiger partial charge in [-0.15, -0.1) is 0 Å². The van der Waals surface area contributed by atoms with Crippen LogP contribution in [0.15, 0.2) is 59.1 Å². The maximum absolute atomic E-state index is 11.8. The van der Waals surface area contributed by atoms with Gasteiger partial charge in [-0.25, -0.2) is 4.98 Å². The molecule has 2 heterocycles. The summed E-state index contributed by atoms with van der Waals surface area (Å²) in [5.41, 5.74) is 5.21. The monoisotopic (exact) mass is 506 g/mol. The van der Waals surface area contributed by atoms with Crippen molar-refractivity contribution in [1.82, 2.24) is 4.98 Å². The van der Waals surface area contributed by atoms with E-state index in [1.165, 1.54) is 0 Å². The Morgan fingerprint density at radius 2 is 1.88 bits per heavy atom. The number of nitrogens with zero attached hydrogens (tertiary/aromatic N) is 2. The molecule has 0 unspecified atom stereocenters. The Balaban J connectivity index is 1.80. The summed E-state index contributed by atoms with van der Waals surface area (Å²) in [6.07, 6.45) is 0.750. The fraction of sp³-hybridized carbons (Fsp3) is 0.269. The van der Waals surface area contributed by atoms with Gasteiger partial charge >= 0.3 is 0 Å². The van der Waals surface area contributed by atoms with E-state index >= 15 is 0 Å². The zero-order valence-electron chi connectivity index (χ0n) is 18.8. The molecule has 7 heteroatoms. The summed E-state index contributed by atoms with van der Waals surface area (Å²) < 4.78 is 6.39. The van der Waals surface area contributed by atoms with Gasteiger partial charge in [-0.1, -0.05) is 48.0 Å². The van der Waals surface area contributed by atoms with E-state index in [0.29, 0.717) is 22.8 Å². The number of anilines is 3. The number of aromatic nitrogens is 1. The van der Waals surface area contributed by atoms with Crippen LogP contribution in [-0.4, -0.2) is 43.3 Å². The second-order valence-electron chi connectivity index (χ2n) is 8.29. The number of benzene rings is 2. The molecular weight excluding hydrogens is 480 g/mol. The van der Waals surface area contributed by atoms with Crippen molar-refractivity contribution in [3.8, 4) is 11.1 Å². The summed E-state index contributed by atoms with van der Waals surface area (Å²) in [5.74, 6) is 0.493. The highest BCUT2D eigenvalue weighted by atomic mass is 79.9. The molecule has 0 radical (unpaired) electrons. The molecule has 1 aliphatic heterocycles. The summed E-state index contributed by atoms with van der Waals surface area (Å²) in [6.45, 7) is 7.18. The van der Waals surface area contributed by atoms with Gasteiger partial charge in [-0.3, -0.25) is 4.79 Å². The lowest BCUT2D eigenvalue weighted by atomic mass is 9.91. The topological polar surface area (TPSA) is 78.3 Å². The molecule has 33 heavy (non-hydrogen) atoms. The molecule has 0 bridgehead atoms. The van der Waals surface area contributed by atoms with Crippen LogP contribution in [0.3, 0.4) is 0 Å². The number of rotatable bonds is 7. The van der Waals surface area contributed by atoms with Gasteiger partial charge in [-0.2, -0.15) is 0 Å². The van der Waals surface area contributed by atoms with Gasteiger partial charge in [0.1, 0.15) is 11.5 Å². The Labute approximate surface area is 202 Å². The van der Waals surface area contributed by atoms with E-state index in [1.54, 1.807) is 6.07 Å². The van der Waals surface area contributed by atoms with Gasteiger partial charge in [0.05, 0.1) is 13.2 Å². The molecule has 170 valence electrons. The minimum atomic E-state index is -0.0108. The molecule has 1 saturated heterocycles. The van der Waals surface area contributed by atoms with E-state index in [0.717, 1.165) is 59.6 Å². The molecule has 4 rings (SSSR count). The van der Waals surface area contributed by atoms with Gasteiger partial charge < -0.3 is 20.4 Å². The van der Waals surface area contributed by atoms with Gasteiger partial charge in [0.2, 0.25) is 0 Å². The van der Waals surface area contributed by atoms with Gasteiger partial charge in [-0.05, 0) is 53.4 Å². The van der Waals surface area contributed by atoms with E-state index in [1.807, 2.05) is 38.1 Å². The third-order valence-electron chi connectivity index (χ3n) is 5.65. The van der Waals surface area contributed by atoms with Crippen LogP contribution in [0.2, 0.25) is 0 Å². The van der Waals surface area contributed by atoms with Crippen LogP contribution in [0, 0.1) is 11.3 Å². The number of ether oxygens (including phenoxy) is 1. The molecule has 0 amide bonds. The first-order valence-corrected chi connectivity index (χ1v) is 11.8. The Bertz CT molecular complexity index is 1160. The zero-order valence-corrected chi connectivity index (χ0v) is 20.4. The minimum absolute atomic E-state index is 0.0108. The van der Waals surface area contributed by atoms with Crippen LogP contribution in [0.5, 0.6) is 0 Å². The summed E-state index contributed by atoms with van der Waals surface area (Å²) in [6, 6.07) is 17.8. The Morgan fingerprint density at radius 3 is 2.52 bits per heavy atom. The Hall–Kier alpha value is -3.03. The summed E-state index contributed by atoms with van der Waals surface area (Å²) in [4.78, 5) is 18.6. The van der Waals surface area contributed by atoms with Crippen molar-refractivity contribution in [3.63, 3.8) is 0 Å². The number of halogens is 1. The first kappa shape index (κ1) is 23.1. The molecule has 6 nitrogen and oxygen atoms in total. The van der Waals surface area contributed by atoms with Crippen molar-refractivity contribution >= 4 is 45.1 Å². The van der Waals surface area contributed by atoms with Crippen molar-refractivity contribution in [3.05, 3.63) is 70.3 Å². The summed E-state index contributed by atoms with van der Waals surface area (Å²) in [7, 11) is 0. The average molecular weight is 507 g/mol. The Morgan fingerprint density at radius 1 is 1.15 bits per heavy atom. The summed E-state index contributed by atoms with van der Waals surface area (Å²) >= 11 is 3.49. The molecule has 0 atom stereocenters. The predicted molar refractivity (Wildman–Crippen MR) is 137 cm³/mol. The van der Waals surface area contributed by atoms with Gasteiger partial charge in [0, 0.05) is 40.2 Å². The second-order valence-corrected chi connectivity index (χ2v) is 9.20. The lowest BCUT2D eigenvalue weighted by Crippen LogP contribution is -2.36. The quantitative estimate of drug-likeness (QED) is 0.306. The number of aldehydes is 1. The van der Waals surface area contributed by atoms with Crippen molar-refractivity contribution in [2.45, 2.75) is 13.8 Å². The molecule has 0 aliphatic carbocycles. The third kappa shape index (κ3) is 5.31. The molecule has 2 aromatic carbocycles. The summed E-state index contributed by atoms with van der Waals surface area (Å²) in [5, 5.41) is 12.2. The van der Waals surface area contributed by atoms with Crippen LogP contribution in [-0.2, 0) is 4.74 Å². The molecule has 1 fully saturated rings. The molecule has 0 spiro atoms. The number of nitrogens with one attached hydrogen (secondary N) is 2. The highest BCUT2D eigenvalue weighted by molar-refractivity contribution is 9.10. The SMILES string of the molecule is CC(C)C(=N)c1c(-c2ccc(N3CCOCC3)cc2)cc(C=O)nc1Nc1cccc(Br)c1. The lowest BCUT2D eigenvalue weighted by Gasteiger charge is -2.29. The fourth-order valence-corrected chi connectivity index (χ4v) is 4.28. The molecule has 1 aromatic heterocycles. The van der Waals surface area contributed by atoms with E-state index in [2.05, 4.69) is 55.4 Å². The largest absolute Gasteiger partial charge is 0.378 e. The number of morpholine rings is 1. The van der Waals surface area contributed by atoms with E-state index in [-0.39, 0.29) is 5.92 Å². The number of hydrogen-bond donors (Lipinski definition) is 2. The number of pyridine rings is 1. The van der Waals surface area contributed by atoms with Crippen LogP contribution in [0.25, 0.3) is 11.1 Å². The third-order valence-corrected chi connectivity index (χ3v) is 6.14. The highest BCUT2D eigenvalue weighted by Crippen LogP contribution is 2.34. The maximum atomic E-state index is 11.8. The second kappa shape index (κ2) is 10.3. The Kier molecular flexibility index (Phi) is 7.20. The van der Waals surface area contributed by atoms with Gasteiger partial charge in [0.15, 0.2) is 6.29 Å². The van der Waals surface area contributed by atoms with Crippen molar-refractivity contribution in [1.29, 1.82) is 5.41 Å². The molecule has 0 saturated carbocycles. The molecular formula is C26H27BrN4O2. The number of hydrogen-bond acceptors (Lipinski definition) is 6. The van der Waals surface area contributed by atoms with Crippen LogP contribution < -0.4 is 10.2 Å². The average Bonchev–Trinajstić information content (AvgIpc) is 2.84.